The number of rotatable bonds is 9. The standard InChI is InChI=1S/C17H22N6O6S2/c1-8(5-24)2-3-10(18)13(25)20-12-14(26)23-15(29-17(27)28)11(7-31-16(12)23)30-6-9-4-19-22-21-9/h2,4,10,12,16,24H,3,5-7,18H2,1H3,(H,20,25)(H,27,28)(H,19,21,22)/t10?,12?,16-/m0/s1. The Kier molecular flexibility index (Phi) is 7.59. The molecule has 0 aliphatic carbocycles. The predicted octanol–water partition coefficient (Wildman–Crippen LogP) is -0.0425. The van der Waals surface area contributed by atoms with Crippen molar-refractivity contribution in [1.82, 2.24) is 25.6 Å². The zero-order valence-electron chi connectivity index (χ0n) is 16.5. The lowest BCUT2D eigenvalue weighted by molar-refractivity contribution is -0.149. The first kappa shape index (κ1) is 23.1. The van der Waals surface area contributed by atoms with Gasteiger partial charge >= 0.3 is 6.16 Å². The topological polar surface area (TPSA) is 184 Å². The van der Waals surface area contributed by atoms with E-state index in [1.165, 1.54) is 28.4 Å². The van der Waals surface area contributed by atoms with Gasteiger partial charge < -0.3 is 26.0 Å². The molecule has 3 rings (SSSR count). The summed E-state index contributed by atoms with van der Waals surface area (Å²) in [5, 5.41) is 30.3. The summed E-state index contributed by atoms with van der Waals surface area (Å²) in [7, 11) is 0. The average molecular weight is 471 g/mol. The van der Waals surface area contributed by atoms with E-state index in [4.69, 9.17) is 20.7 Å². The summed E-state index contributed by atoms with van der Waals surface area (Å²) in [6.07, 6.45) is 1.90. The van der Waals surface area contributed by atoms with Gasteiger partial charge in [0.2, 0.25) is 11.8 Å². The fraction of sp³-hybridized carbons (Fsp3) is 0.471. The van der Waals surface area contributed by atoms with Gasteiger partial charge in [0.05, 0.1) is 29.4 Å². The van der Waals surface area contributed by atoms with Crippen molar-refractivity contribution in [2.75, 3.05) is 12.4 Å². The SMILES string of the molecule is CC(=CCC(N)C(=O)NC1C(=O)N2C(OC(=O)O)=C(SCc3cnn[nH]3)CS[C@@H]12)CO. The number of H-pyrrole nitrogens is 1. The van der Waals surface area contributed by atoms with Crippen molar-refractivity contribution >= 4 is 41.5 Å². The Morgan fingerprint density at radius 3 is 3.00 bits per heavy atom. The minimum Gasteiger partial charge on any atom is -0.449 e. The van der Waals surface area contributed by atoms with Crippen molar-refractivity contribution < 1.29 is 29.3 Å². The Hall–Kier alpha value is -2.55. The van der Waals surface area contributed by atoms with E-state index in [9.17, 15) is 14.4 Å². The van der Waals surface area contributed by atoms with E-state index in [1.807, 2.05) is 0 Å². The molecule has 1 fully saturated rings. The molecular weight excluding hydrogens is 448 g/mol. The van der Waals surface area contributed by atoms with E-state index in [2.05, 4.69) is 20.7 Å². The minimum atomic E-state index is -1.53. The Morgan fingerprint density at radius 1 is 1.58 bits per heavy atom. The number of hydrogen-bond acceptors (Lipinski definition) is 10. The van der Waals surface area contributed by atoms with Crippen molar-refractivity contribution in [3.8, 4) is 0 Å². The number of nitrogens with zero attached hydrogens (tertiary/aromatic N) is 3. The van der Waals surface area contributed by atoms with Gasteiger partial charge in [-0.05, 0) is 13.3 Å². The zero-order chi connectivity index (χ0) is 22.5. The molecular formula is C17H22N6O6S2. The molecule has 0 spiro atoms. The molecule has 1 aromatic heterocycles. The molecule has 6 N–H and O–H groups in total. The maximum atomic E-state index is 12.7. The molecule has 2 amide bonds. The van der Waals surface area contributed by atoms with Gasteiger partial charge in [0.25, 0.3) is 5.91 Å². The van der Waals surface area contributed by atoms with Crippen molar-refractivity contribution in [2.45, 2.75) is 36.6 Å². The van der Waals surface area contributed by atoms with Crippen LogP contribution in [0.1, 0.15) is 19.0 Å². The molecule has 31 heavy (non-hydrogen) atoms. The summed E-state index contributed by atoms with van der Waals surface area (Å²) in [4.78, 5) is 38.1. The molecule has 168 valence electrons. The van der Waals surface area contributed by atoms with Crippen LogP contribution < -0.4 is 11.1 Å². The molecule has 1 saturated heterocycles. The summed E-state index contributed by atoms with van der Waals surface area (Å²) in [6.45, 7) is 1.59. The number of aliphatic hydroxyl groups excluding tert-OH is 1. The lowest BCUT2D eigenvalue weighted by atomic mass is 10.1. The van der Waals surface area contributed by atoms with E-state index in [1.54, 1.807) is 19.2 Å². The normalized spacial score (nSPS) is 22.0. The summed E-state index contributed by atoms with van der Waals surface area (Å²) >= 11 is 2.70. The van der Waals surface area contributed by atoms with Gasteiger partial charge in [0.1, 0.15) is 11.4 Å². The number of nitrogens with two attached hydrogens (primary N) is 1. The van der Waals surface area contributed by atoms with Crippen LogP contribution in [0.4, 0.5) is 4.79 Å². The molecule has 0 aromatic carbocycles. The first-order valence-electron chi connectivity index (χ1n) is 9.20. The maximum absolute atomic E-state index is 12.7. The second-order valence-corrected chi connectivity index (χ2v) is 8.99. The molecule has 0 radical (unpaired) electrons. The van der Waals surface area contributed by atoms with Crippen molar-refractivity contribution in [1.29, 1.82) is 0 Å². The molecule has 0 saturated carbocycles. The van der Waals surface area contributed by atoms with Gasteiger partial charge in [-0.2, -0.15) is 0 Å². The smallest absolute Gasteiger partial charge is 0.449 e. The van der Waals surface area contributed by atoms with Crippen LogP contribution in [0.2, 0.25) is 0 Å². The van der Waals surface area contributed by atoms with Gasteiger partial charge in [0, 0.05) is 11.5 Å². The number of aromatic nitrogens is 3. The third-order valence-electron chi connectivity index (χ3n) is 4.54. The van der Waals surface area contributed by atoms with Gasteiger partial charge in [-0.15, -0.1) is 28.6 Å². The van der Waals surface area contributed by atoms with E-state index >= 15 is 0 Å². The highest BCUT2D eigenvalue weighted by molar-refractivity contribution is 8.05. The Bertz CT molecular complexity index is 905. The lowest BCUT2D eigenvalue weighted by Gasteiger charge is -2.49. The summed E-state index contributed by atoms with van der Waals surface area (Å²) < 4.78 is 4.91. The fourth-order valence-electron chi connectivity index (χ4n) is 2.85. The number of hydrogen-bond donors (Lipinski definition) is 5. The Balaban J connectivity index is 1.66. The number of thioether (sulfide) groups is 2. The van der Waals surface area contributed by atoms with Crippen LogP contribution in [-0.4, -0.2) is 78.3 Å². The van der Waals surface area contributed by atoms with Gasteiger partial charge in [-0.1, -0.05) is 16.9 Å². The zero-order valence-corrected chi connectivity index (χ0v) is 18.1. The monoisotopic (exact) mass is 470 g/mol. The molecule has 3 heterocycles. The van der Waals surface area contributed by atoms with Crippen molar-refractivity contribution in [3.05, 3.63) is 34.3 Å². The van der Waals surface area contributed by atoms with E-state index in [0.717, 1.165) is 5.69 Å². The Labute approximate surface area is 185 Å². The second-order valence-electron chi connectivity index (χ2n) is 6.81. The van der Waals surface area contributed by atoms with Crippen molar-refractivity contribution in [3.63, 3.8) is 0 Å². The summed E-state index contributed by atoms with van der Waals surface area (Å²) in [5.74, 6) is -0.178. The number of nitrogens with one attached hydrogen (secondary N) is 2. The number of carbonyl (C=O) groups is 3. The second kappa shape index (κ2) is 10.2. The molecule has 2 unspecified atom stereocenters. The van der Waals surface area contributed by atoms with Crippen molar-refractivity contribution in [2.24, 2.45) is 5.73 Å². The molecule has 0 bridgehead atoms. The maximum Gasteiger partial charge on any atom is 0.512 e. The van der Waals surface area contributed by atoms with Crippen LogP contribution >= 0.6 is 23.5 Å². The third-order valence-corrected chi connectivity index (χ3v) is 7.13. The largest absolute Gasteiger partial charge is 0.512 e. The highest BCUT2D eigenvalue weighted by atomic mass is 32.2. The van der Waals surface area contributed by atoms with Gasteiger partial charge in [-0.3, -0.25) is 19.6 Å². The number of ether oxygens (including phenoxy) is 1. The number of aliphatic hydroxyl groups is 1. The number of carbonyl (C=O) groups excluding carboxylic acids is 2. The number of aromatic amines is 1. The van der Waals surface area contributed by atoms with E-state index in [0.29, 0.717) is 22.0 Å². The molecule has 1 aromatic rings. The van der Waals surface area contributed by atoms with Crippen LogP contribution in [0.25, 0.3) is 0 Å². The number of β-lactam (4-membered cyclic amide) rings is 1. The highest BCUT2D eigenvalue weighted by Gasteiger charge is 2.54. The molecule has 12 nitrogen and oxygen atoms in total. The molecule has 2 aliphatic heterocycles. The lowest BCUT2D eigenvalue weighted by Crippen LogP contribution is -2.71. The number of carboxylic acid groups (broad SMARTS) is 1. The van der Waals surface area contributed by atoms with Crippen LogP contribution in [-0.2, 0) is 20.1 Å². The summed E-state index contributed by atoms with van der Waals surface area (Å²) in [6, 6.07) is -1.71. The molecule has 3 atom stereocenters. The fourth-order valence-corrected chi connectivity index (χ4v) is 5.29. The minimum absolute atomic E-state index is 0.0463. The third kappa shape index (κ3) is 5.39. The van der Waals surface area contributed by atoms with E-state index in [-0.39, 0.29) is 18.9 Å². The van der Waals surface area contributed by atoms with Crippen LogP contribution in [0, 0.1) is 0 Å². The predicted molar refractivity (Wildman–Crippen MR) is 112 cm³/mol. The van der Waals surface area contributed by atoms with Gasteiger partial charge in [0.15, 0.2) is 0 Å². The molecule has 14 heteroatoms. The van der Waals surface area contributed by atoms with Crippen LogP contribution in [0.3, 0.4) is 0 Å². The number of amides is 2. The van der Waals surface area contributed by atoms with Crippen LogP contribution in [0.15, 0.2) is 28.6 Å². The first-order valence-corrected chi connectivity index (χ1v) is 11.2. The van der Waals surface area contributed by atoms with Crippen LogP contribution in [0.5, 0.6) is 0 Å². The Morgan fingerprint density at radius 2 is 2.35 bits per heavy atom. The van der Waals surface area contributed by atoms with E-state index < -0.39 is 35.4 Å². The average Bonchev–Trinajstić information content (AvgIpc) is 3.27. The molecule has 2 aliphatic rings. The summed E-state index contributed by atoms with van der Waals surface area (Å²) in [5.41, 5.74) is 7.29. The quantitative estimate of drug-likeness (QED) is 0.185. The van der Waals surface area contributed by atoms with Gasteiger partial charge in [-0.25, -0.2) is 4.79 Å². The highest BCUT2D eigenvalue weighted by Crippen LogP contribution is 2.44. The first-order chi connectivity index (χ1) is 14.8. The number of fused-ring (bicyclic) bond motifs is 1.